The van der Waals surface area contributed by atoms with Crippen molar-refractivity contribution in [2.75, 3.05) is 21.3 Å². The predicted molar refractivity (Wildman–Crippen MR) is 124 cm³/mol. The zero-order valence-corrected chi connectivity index (χ0v) is 20.8. The summed E-state index contributed by atoms with van der Waals surface area (Å²) >= 11 is 6.40. The van der Waals surface area contributed by atoms with Crippen LogP contribution in [0.15, 0.2) is 24.3 Å². The van der Waals surface area contributed by atoms with Gasteiger partial charge in [0.2, 0.25) is 10.6 Å². The van der Waals surface area contributed by atoms with Crippen LogP contribution in [0.2, 0.25) is 0 Å². The number of carbonyl (C=O) groups is 2. The molecule has 4 fully saturated rings. The lowest BCUT2D eigenvalue weighted by molar-refractivity contribution is -0.316. The molecule has 4 aliphatic heterocycles. The Hall–Kier alpha value is -1.83. The van der Waals surface area contributed by atoms with E-state index in [1.165, 1.54) is 49.1 Å². The van der Waals surface area contributed by atoms with E-state index >= 15 is 0 Å². The monoisotopic (exact) mass is 530 g/mol. The van der Waals surface area contributed by atoms with Gasteiger partial charge in [0, 0.05) is 19.0 Å². The van der Waals surface area contributed by atoms with Gasteiger partial charge in [-0.05, 0) is 6.07 Å². The number of phenolic OH excluding ortho intramolecular Hbond substituents is 1. The smallest absolute Gasteiger partial charge is 0.272 e. The maximum atomic E-state index is 13.8. The predicted octanol–water partition coefficient (Wildman–Crippen LogP) is 1.18. The first-order valence-corrected chi connectivity index (χ1v) is 13.0. The number of piperazine rings is 1. The Labute approximate surface area is 208 Å². The van der Waals surface area contributed by atoms with Crippen LogP contribution in [0.5, 0.6) is 17.2 Å². The summed E-state index contributed by atoms with van der Waals surface area (Å²) in [6, 6.07) is 2.20. The van der Waals surface area contributed by atoms with Gasteiger partial charge in [0.15, 0.2) is 11.5 Å². The van der Waals surface area contributed by atoms with Crippen molar-refractivity contribution in [1.29, 1.82) is 0 Å². The molecular formula is C21H23ClN2O8S2. The number of amides is 2. The van der Waals surface area contributed by atoms with Crippen LogP contribution in [-0.4, -0.2) is 92.5 Å². The minimum absolute atomic E-state index is 0.109. The van der Waals surface area contributed by atoms with Gasteiger partial charge in [-0.2, -0.15) is 5.06 Å². The van der Waals surface area contributed by atoms with Crippen LogP contribution in [0.4, 0.5) is 0 Å². The van der Waals surface area contributed by atoms with Crippen molar-refractivity contribution in [1.82, 2.24) is 9.96 Å². The highest BCUT2D eigenvalue weighted by atomic mass is 35.5. The van der Waals surface area contributed by atoms with Gasteiger partial charge >= 0.3 is 0 Å². The van der Waals surface area contributed by atoms with Gasteiger partial charge in [0.1, 0.15) is 23.9 Å². The van der Waals surface area contributed by atoms with Crippen molar-refractivity contribution in [2.24, 2.45) is 0 Å². The molecule has 34 heavy (non-hydrogen) atoms. The molecule has 6 rings (SSSR count). The second kappa shape index (κ2) is 8.10. The van der Waals surface area contributed by atoms with E-state index in [0.29, 0.717) is 11.3 Å². The van der Waals surface area contributed by atoms with Crippen molar-refractivity contribution in [2.45, 2.75) is 45.8 Å². The normalized spacial score (nSPS) is 38.9. The first-order valence-electron chi connectivity index (χ1n) is 10.4. The van der Waals surface area contributed by atoms with E-state index in [2.05, 4.69) is 0 Å². The number of aromatic hydroxyl groups is 1. The topological polar surface area (TPSA) is 129 Å². The lowest BCUT2D eigenvalue weighted by atomic mass is 9.77. The molecule has 13 heteroatoms. The van der Waals surface area contributed by atoms with Crippen molar-refractivity contribution in [3.63, 3.8) is 0 Å². The number of halogens is 1. The number of hydroxylamine groups is 2. The van der Waals surface area contributed by atoms with Crippen LogP contribution < -0.4 is 9.47 Å². The van der Waals surface area contributed by atoms with E-state index < -0.39 is 51.2 Å². The Morgan fingerprint density at radius 3 is 2.65 bits per heavy atom. The summed E-state index contributed by atoms with van der Waals surface area (Å²) in [6.07, 6.45) is 0.160. The summed E-state index contributed by atoms with van der Waals surface area (Å²) in [4.78, 5) is 33.0. The third kappa shape index (κ3) is 3.02. The van der Waals surface area contributed by atoms with Crippen molar-refractivity contribution >= 4 is 45.0 Å². The SMILES string of the molecule is COc1ccc([C@@H]2SS[C@@]34C[C@]5(O)[C@H](Cl)C=C[C@@H](O)[C@@H]5ON3C(=O)[C@@H]2N(C)C4=O)c(O)c1OC. The van der Waals surface area contributed by atoms with Crippen molar-refractivity contribution < 1.29 is 39.2 Å². The molecule has 1 spiro atoms. The lowest BCUT2D eigenvalue weighted by Gasteiger charge is -2.57. The van der Waals surface area contributed by atoms with Crippen LogP contribution in [-0.2, 0) is 14.4 Å². The van der Waals surface area contributed by atoms with E-state index in [-0.39, 0.29) is 17.9 Å². The number of benzene rings is 1. The van der Waals surface area contributed by atoms with Gasteiger partial charge in [-0.25, -0.2) is 0 Å². The van der Waals surface area contributed by atoms with Gasteiger partial charge in [-0.1, -0.05) is 39.8 Å². The number of likely N-dealkylation sites (N-methyl/N-ethyl adjacent to an activating group) is 1. The molecule has 3 N–H and O–H groups in total. The fourth-order valence-electron chi connectivity index (χ4n) is 5.01. The average molecular weight is 531 g/mol. The van der Waals surface area contributed by atoms with Crippen LogP contribution in [0, 0.1) is 0 Å². The average Bonchev–Trinajstić information content (AvgIpc) is 3.00. The van der Waals surface area contributed by atoms with Crippen LogP contribution in [0.1, 0.15) is 17.2 Å². The Morgan fingerprint density at radius 1 is 1.24 bits per heavy atom. The largest absolute Gasteiger partial charge is 0.504 e. The molecule has 184 valence electrons. The zero-order valence-electron chi connectivity index (χ0n) is 18.4. The summed E-state index contributed by atoms with van der Waals surface area (Å²) in [5.41, 5.74) is -1.42. The van der Waals surface area contributed by atoms with E-state index in [0.717, 1.165) is 15.9 Å². The van der Waals surface area contributed by atoms with Crippen LogP contribution in [0.25, 0.3) is 0 Å². The molecule has 2 bridgehead atoms. The number of fused-ring (bicyclic) bond motifs is 4. The Bertz CT molecular complexity index is 1090. The highest BCUT2D eigenvalue weighted by molar-refractivity contribution is 8.77. The summed E-state index contributed by atoms with van der Waals surface area (Å²) < 4.78 is 10.5. The number of phenols is 1. The number of hydrogen-bond donors (Lipinski definition) is 3. The molecule has 1 aromatic rings. The fraction of sp³-hybridized carbons (Fsp3) is 0.524. The zero-order chi connectivity index (χ0) is 24.6. The summed E-state index contributed by atoms with van der Waals surface area (Å²) in [5, 5.41) is 32.2. The van der Waals surface area contributed by atoms with Gasteiger partial charge in [0.25, 0.3) is 11.8 Å². The van der Waals surface area contributed by atoms with E-state index in [1.807, 2.05) is 0 Å². The second-order valence-electron chi connectivity index (χ2n) is 8.59. The molecule has 0 saturated carbocycles. The minimum atomic E-state index is -1.80. The lowest BCUT2D eigenvalue weighted by Crippen LogP contribution is -2.77. The number of nitrogens with zero attached hydrogens (tertiary/aromatic N) is 2. The summed E-state index contributed by atoms with van der Waals surface area (Å²) in [7, 11) is 6.61. The summed E-state index contributed by atoms with van der Waals surface area (Å²) in [6.45, 7) is 0. The van der Waals surface area contributed by atoms with E-state index in [9.17, 15) is 24.9 Å². The molecule has 1 aromatic carbocycles. The molecule has 10 nitrogen and oxygen atoms in total. The van der Waals surface area contributed by atoms with Crippen LogP contribution >= 0.6 is 33.2 Å². The van der Waals surface area contributed by atoms with Crippen molar-refractivity contribution in [3.8, 4) is 17.2 Å². The van der Waals surface area contributed by atoms with Crippen LogP contribution in [0.3, 0.4) is 0 Å². The van der Waals surface area contributed by atoms with E-state index in [4.69, 9.17) is 25.9 Å². The third-order valence-corrected chi connectivity index (χ3v) is 10.6. The molecule has 1 aliphatic carbocycles. The van der Waals surface area contributed by atoms with Gasteiger partial charge in [-0.3, -0.25) is 14.4 Å². The van der Waals surface area contributed by atoms with Gasteiger partial charge < -0.3 is 29.7 Å². The molecule has 7 atom stereocenters. The first-order chi connectivity index (χ1) is 16.1. The second-order valence-corrected chi connectivity index (χ2v) is 11.7. The molecular weight excluding hydrogens is 508 g/mol. The van der Waals surface area contributed by atoms with Gasteiger partial charge in [0.05, 0.1) is 24.8 Å². The number of carbonyl (C=O) groups excluding carboxylic acids is 2. The minimum Gasteiger partial charge on any atom is -0.504 e. The standard InChI is InChI=1S/C21H23ClN2O8S2/c1-23-13-16(9-4-6-11(30-2)15(31-3)14(9)26)33-34-21(19(23)28)8-20(29)12(22)7-5-10(25)17(20)32-24(21)18(13)27/h4-7,10,12-13,16-17,25-26,29H,8H2,1-3H3/t10-,12-,13-,16+,17+,20+,21-/m1/s1. The molecule has 4 saturated heterocycles. The van der Waals surface area contributed by atoms with Gasteiger partial charge in [-0.15, -0.1) is 11.6 Å². The van der Waals surface area contributed by atoms with Crippen molar-refractivity contribution in [3.05, 3.63) is 29.8 Å². The highest BCUT2D eigenvalue weighted by Crippen LogP contribution is 2.62. The molecule has 0 aromatic heterocycles. The van der Waals surface area contributed by atoms with E-state index in [1.54, 1.807) is 12.1 Å². The number of aliphatic hydroxyl groups is 2. The number of alkyl halides is 1. The molecule has 2 amide bonds. The number of methoxy groups -OCH3 is 2. The molecule has 0 radical (unpaired) electrons. The summed E-state index contributed by atoms with van der Waals surface area (Å²) in [5.74, 6) is -0.763. The third-order valence-electron chi connectivity index (χ3n) is 6.79. The number of aliphatic hydroxyl groups excluding tert-OH is 1. The Morgan fingerprint density at radius 2 is 1.97 bits per heavy atom. The molecule has 0 unspecified atom stereocenters. The quantitative estimate of drug-likeness (QED) is 0.297. The maximum Gasteiger partial charge on any atom is 0.272 e. The molecule has 4 heterocycles. The fourth-order valence-corrected chi connectivity index (χ4v) is 8.97. The Kier molecular flexibility index (Phi) is 5.69. The highest BCUT2D eigenvalue weighted by Gasteiger charge is 2.70. The number of hydrogen-bond acceptors (Lipinski definition) is 10. The molecule has 5 aliphatic rings. The maximum absolute atomic E-state index is 13.8. The number of ether oxygens (including phenoxy) is 2. The first kappa shape index (κ1) is 23.9. The number of rotatable bonds is 3. The Balaban J connectivity index is 1.61.